The molecule has 0 heterocycles. The zero-order valence-corrected chi connectivity index (χ0v) is 15.5. The van der Waals surface area contributed by atoms with E-state index in [0.29, 0.717) is 5.75 Å². The Morgan fingerprint density at radius 3 is 1.42 bits per heavy atom. The van der Waals surface area contributed by atoms with Crippen molar-refractivity contribution in [3.8, 4) is 5.75 Å². The number of hydrogen-bond acceptors (Lipinski definition) is 1. The van der Waals surface area contributed by atoms with E-state index in [9.17, 15) is 5.11 Å². The summed E-state index contributed by atoms with van der Waals surface area (Å²) in [6, 6.07) is 3.95. The Morgan fingerprint density at radius 2 is 1.16 bits per heavy atom. The zero-order chi connectivity index (χ0) is 14.0. The summed E-state index contributed by atoms with van der Waals surface area (Å²) in [6.07, 6.45) is 7.50. The monoisotopic (exact) mass is 339 g/mol. The van der Waals surface area contributed by atoms with E-state index < -0.39 is 17.0 Å². The molecule has 4 heteroatoms. The van der Waals surface area contributed by atoms with Gasteiger partial charge in [-0.25, -0.2) is 0 Å². The van der Waals surface area contributed by atoms with Crippen LogP contribution >= 0.6 is 18.6 Å². The minimum atomic E-state index is -0.556. The number of phenolic OH excluding ortho intramolecular Hbond substituents is 1. The van der Waals surface area contributed by atoms with Crippen LogP contribution in [0.4, 0.5) is 0 Å². The molecular weight excluding hydrogens is 315 g/mol. The Balaban J connectivity index is 0. The van der Waals surface area contributed by atoms with Crippen molar-refractivity contribution in [1.82, 2.24) is 0 Å². The molecule has 1 aliphatic rings. The molecular formula is C15H25Cl2OTi-. The molecule has 0 spiro atoms. The van der Waals surface area contributed by atoms with Gasteiger partial charge in [0.25, 0.3) is 0 Å². The molecule has 1 saturated carbocycles. The Labute approximate surface area is 135 Å². The summed E-state index contributed by atoms with van der Waals surface area (Å²) in [4.78, 5) is 0. The average molecular weight is 340 g/mol. The van der Waals surface area contributed by atoms with Crippen LogP contribution < -0.4 is 0 Å². The van der Waals surface area contributed by atoms with Gasteiger partial charge in [0.15, 0.2) is 0 Å². The van der Waals surface area contributed by atoms with Crippen molar-refractivity contribution in [3.63, 3.8) is 0 Å². The fourth-order valence-corrected chi connectivity index (χ4v) is 2.06. The molecule has 0 unspecified atom stereocenters. The van der Waals surface area contributed by atoms with Gasteiger partial charge < -0.3 is 12.5 Å². The van der Waals surface area contributed by atoms with E-state index in [4.69, 9.17) is 18.6 Å². The first kappa shape index (κ1) is 21.6. The SMILES string of the molecule is C1CCCC1.Cc1cc(C)c(O)c(C)c1.[CH3-].[Cl][Ti][Cl]. The molecule has 1 fully saturated rings. The summed E-state index contributed by atoms with van der Waals surface area (Å²) in [6.45, 7) is 5.85. The van der Waals surface area contributed by atoms with E-state index in [-0.39, 0.29) is 7.43 Å². The average Bonchev–Trinajstić information content (AvgIpc) is 2.85. The van der Waals surface area contributed by atoms with Gasteiger partial charge in [0.1, 0.15) is 5.75 Å². The summed E-state index contributed by atoms with van der Waals surface area (Å²) in [7, 11) is 9.78. The Bertz CT molecular complexity index is 308. The van der Waals surface area contributed by atoms with Crippen LogP contribution in [0.5, 0.6) is 5.75 Å². The summed E-state index contributed by atoms with van der Waals surface area (Å²) in [5.41, 5.74) is 3.11. The Hall–Kier alpha value is 0.314. The number of rotatable bonds is 0. The van der Waals surface area contributed by atoms with E-state index in [2.05, 4.69) is 0 Å². The molecule has 110 valence electrons. The molecule has 0 radical (unpaired) electrons. The molecule has 0 aliphatic heterocycles. The van der Waals surface area contributed by atoms with E-state index in [1.54, 1.807) is 0 Å². The molecule has 0 bridgehead atoms. The van der Waals surface area contributed by atoms with Gasteiger partial charge >= 0.3 is 35.6 Å². The van der Waals surface area contributed by atoms with Crippen LogP contribution in [0, 0.1) is 28.2 Å². The molecule has 0 amide bonds. The van der Waals surface area contributed by atoms with Gasteiger partial charge in [-0.15, -0.1) is 0 Å². The van der Waals surface area contributed by atoms with Crippen LogP contribution in [-0.4, -0.2) is 5.11 Å². The van der Waals surface area contributed by atoms with Gasteiger partial charge in [0, 0.05) is 0 Å². The molecule has 19 heavy (non-hydrogen) atoms. The summed E-state index contributed by atoms with van der Waals surface area (Å²) >= 11 is -0.556. The molecule has 0 aromatic heterocycles. The van der Waals surface area contributed by atoms with E-state index in [0.717, 1.165) is 11.1 Å². The number of halogens is 2. The van der Waals surface area contributed by atoms with Crippen LogP contribution in [0.3, 0.4) is 0 Å². The fourth-order valence-electron chi connectivity index (χ4n) is 2.06. The minimum absolute atomic E-state index is 0. The van der Waals surface area contributed by atoms with Gasteiger partial charge in [0.2, 0.25) is 0 Å². The second-order valence-corrected chi connectivity index (χ2v) is 7.17. The number of benzene rings is 1. The molecule has 2 rings (SSSR count). The predicted octanol–water partition coefficient (Wildman–Crippen LogP) is 6.09. The second-order valence-electron chi connectivity index (χ2n) is 4.59. The number of hydrogen-bond donors (Lipinski definition) is 1. The first-order chi connectivity index (χ1) is 8.52. The van der Waals surface area contributed by atoms with Gasteiger partial charge in [-0.3, -0.25) is 0 Å². The summed E-state index contributed by atoms with van der Waals surface area (Å²) in [5.74, 6) is 0.422. The molecule has 0 atom stereocenters. The maximum atomic E-state index is 9.33. The molecule has 1 aromatic carbocycles. The maximum absolute atomic E-state index is 9.33. The van der Waals surface area contributed by atoms with Crippen LogP contribution in [0.15, 0.2) is 12.1 Å². The van der Waals surface area contributed by atoms with Gasteiger partial charge in [0.05, 0.1) is 0 Å². The van der Waals surface area contributed by atoms with Crippen molar-refractivity contribution in [2.24, 2.45) is 0 Å². The van der Waals surface area contributed by atoms with Crippen molar-refractivity contribution in [2.45, 2.75) is 52.9 Å². The van der Waals surface area contributed by atoms with Crippen molar-refractivity contribution in [1.29, 1.82) is 0 Å². The van der Waals surface area contributed by atoms with Crippen molar-refractivity contribution in [3.05, 3.63) is 36.2 Å². The number of phenols is 1. The Kier molecular flexibility index (Phi) is 15.1. The third-order valence-electron chi connectivity index (χ3n) is 2.89. The first-order valence-corrected chi connectivity index (χ1v) is 10.6. The van der Waals surface area contributed by atoms with E-state index in [1.807, 2.05) is 32.9 Å². The topological polar surface area (TPSA) is 20.2 Å². The van der Waals surface area contributed by atoms with E-state index in [1.165, 1.54) is 37.7 Å². The van der Waals surface area contributed by atoms with Crippen molar-refractivity contribution < 1.29 is 22.1 Å². The standard InChI is InChI=1S/C9H12O.C5H10.CH3.2ClH.Ti/c1-6-4-7(2)9(10)8(3)5-6;1-2-4-5-3-1;;;;/h4-5,10H,1-3H3;1-5H2;1H3;2*1H;/q;;-1;;;+2/p-2. The van der Waals surface area contributed by atoms with E-state index >= 15 is 0 Å². The van der Waals surface area contributed by atoms with Crippen LogP contribution in [0.2, 0.25) is 0 Å². The van der Waals surface area contributed by atoms with Gasteiger partial charge in [-0.05, 0) is 31.9 Å². The summed E-state index contributed by atoms with van der Waals surface area (Å²) in [5, 5.41) is 9.33. The van der Waals surface area contributed by atoms with Crippen LogP contribution in [0.25, 0.3) is 0 Å². The van der Waals surface area contributed by atoms with Gasteiger partial charge in [-0.1, -0.05) is 49.8 Å². The van der Waals surface area contributed by atoms with Gasteiger partial charge in [-0.2, -0.15) is 0 Å². The van der Waals surface area contributed by atoms with Crippen LogP contribution in [-0.2, 0) is 17.0 Å². The fraction of sp³-hybridized carbons (Fsp3) is 0.533. The third kappa shape index (κ3) is 10.7. The Morgan fingerprint density at radius 1 is 0.895 bits per heavy atom. The van der Waals surface area contributed by atoms with Crippen molar-refractivity contribution >= 4 is 18.6 Å². The first-order valence-electron chi connectivity index (χ1n) is 6.26. The molecule has 1 aliphatic carbocycles. The quantitative estimate of drug-likeness (QED) is 0.447. The molecule has 1 nitrogen and oxygen atoms in total. The number of aryl methyl sites for hydroxylation is 3. The molecule has 1 aromatic rings. The van der Waals surface area contributed by atoms with Crippen LogP contribution in [0.1, 0.15) is 48.8 Å². The second kappa shape index (κ2) is 13.3. The zero-order valence-electron chi connectivity index (χ0n) is 12.4. The normalized spacial score (nSPS) is 12.3. The molecule has 1 N–H and O–H groups in total. The number of aromatic hydroxyl groups is 1. The third-order valence-corrected chi connectivity index (χ3v) is 2.89. The van der Waals surface area contributed by atoms with Crippen molar-refractivity contribution in [2.75, 3.05) is 0 Å². The summed E-state index contributed by atoms with van der Waals surface area (Å²) < 4.78 is 0. The predicted molar refractivity (Wildman–Crippen MR) is 83.5 cm³/mol. The molecule has 0 saturated heterocycles.